The van der Waals surface area contributed by atoms with Crippen molar-refractivity contribution in [1.29, 1.82) is 0 Å². The predicted octanol–water partition coefficient (Wildman–Crippen LogP) is 4.74. The summed E-state index contributed by atoms with van der Waals surface area (Å²) in [6, 6.07) is 18.6. The van der Waals surface area contributed by atoms with Crippen molar-refractivity contribution in [2.75, 3.05) is 17.8 Å². The first-order valence-electron chi connectivity index (χ1n) is 10.0. The monoisotopic (exact) mass is 440 g/mol. The number of rotatable bonds is 6. The van der Waals surface area contributed by atoms with Gasteiger partial charge in [-0.25, -0.2) is 8.42 Å². The molecule has 0 aliphatic carbocycles. The highest BCUT2D eigenvalue weighted by molar-refractivity contribution is 7.94. The van der Waals surface area contributed by atoms with Gasteiger partial charge in [-0.05, 0) is 47.5 Å². The van der Waals surface area contributed by atoms with Crippen molar-refractivity contribution in [3.8, 4) is 0 Å². The van der Waals surface area contributed by atoms with Crippen molar-refractivity contribution in [3.05, 3.63) is 82.7 Å². The number of benzene rings is 2. The third-order valence-corrected chi connectivity index (χ3v) is 8.26. The fraction of sp³-hybridized carbons (Fsp3) is 0.261. The van der Waals surface area contributed by atoms with E-state index in [4.69, 9.17) is 0 Å². The Morgan fingerprint density at radius 2 is 1.87 bits per heavy atom. The van der Waals surface area contributed by atoms with Gasteiger partial charge in [-0.2, -0.15) is 0 Å². The molecule has 2 aromatic carbocycles. The van der Waals surface area contributed by atoms with Gasteiger partial charge in [-0.15, -0.1) is 11.3 Å². The van der Waals surface area contributed by atoms with E-state index >= 15 is 0 Å². The number of carbonyl (C=O) groups is 1. The number of amides is 1. The predicted molar refractivity (Wildman–Crippen MR) is 121 cm³/mol. The van der Waals surface area contributed by atoms with Gasteiger partial charge in [0.25, 0.3) is 15.9 Å². The molecule has 1 saturated heterocycles. The van der Waals surface area contributed by atoms with Crippen molar-refractivity contribution in [2.45, 2.75) is 29.9 Å². The maximum absolute atomic E-state index is 13.2. The van der Waals surface area contributed by atoms with Crippen LogP contribution in [0.5, 0.6) is 0 Å². The van der Waals surface area contributed by atoms with Crippen LogP contribution in [0.1, 0.15) is 40.7 Å². The smallest absolute Gasteiger partial charge is 0.271 e. The highest BCUT2D eigenvalue weighted by Gasteiger charge is 2.29. The summed E-state index contributed by atoms with van der Waals surface area (Å²) in [7, 11) is -3.71. The molecule has 0 saturated carbocycles. The Morgan fingerprint density at radius 1 is 1.10 bits per heavy atom. The number of thiophene rings is 1. The van der Waals surface area contributed by atoms with E-state index in [1.165, 1.54) is 11.1 Å². The molecular formula is C23H24N2O3S2. The van der Waals surface area contributed by atoms with E-state index in [1.807, 2.05) is 4.90 Å². The molecule has 1 N–H and O–H groups in total. The summed E-state index contributed by atoms with van der Waals surface area (Å²) in [6.07, 6.45) is 1.91. The van der Waals surface area contributed by atoms with E-state index in [0.29, 0.717) is 30.3 Å². The molecule has 1 unspecified atom stereocenters. The van der Waals surface area contributed by atoms with Crippen LogP contribution < -0.4 is 4.72 Å². The van der Waals surface area contributed by atoms with Crippen LogP contribution in [-0.4, -0.2) is 32.3 Å². The van der Waals surface area contributed by atoms with Crippen LogP contribution in [0, 0.1) is 0 Å². The summed E-state index contributed by atoms with van der Waals surface area (Å²) in [5.74, 6) is 0.155. The summed E-state index contributed by atoms with van der Waals surface area (Å²) >= 11 is 1.14. The summed E-state index contributed by atoms with van der Waals surface area (Å²) in [6.45, 7) is 3.43. The molecule has 5 nitrogen and oxygen atoms in total. The minimum Gasteiger partial charge on any atom is -0.338 e. The summed E-state index contributed by atoms with van der Waals surface area (Å²) in [4.78, 5) is 15.0. The third-order valence-electron chi connectivity index (χ3n) is 5.50. The number of hydrogen-bond donors (Lipinski definition) is 1. The zero-order valence-electron chi connectivity index (χ0n) is 16.7. The highest BCUT2D eigenvalue weighted by Crippen LogP contribution is 2.30. The van der Waals surface area contributed by atoms with Crippen LogP contribution in [0.25, 0.3) is 0 Å². The van der Waals surface area contributed by atoms with E-state index in [9.17, 15) is 13.2 Å². The van der Waals surface area contributed by atoms with Crippen molar-refractivity contribution in [2.24, 2.45) is 0 Å². The molecule has 0 bridgehead atoms. The van der Waals surface area contributed by atoms with Gasteiger partial charge >= 0.3 is 0 Å². The quantitative estimate of drug-likeness (QED) is 0.602. The fourth-order valence-electron chi connectivity index (χ4n) is 3.78. The molecular weight excluding hydrogens is 416 g/mol. The second-order valence-corrected chi connectivity index (χ2v) is 10.3. The van der Waals surface area contributed by atoms with Gasteiger partial charge in [0.1, 0.15) is 4.21 Å². The number of nitrogens with zero attached hydrogens (tertiary/aromatic N) is 1. The van der Waals surface area contributed by atoms with Gasteiger partial charge in [-0.3, -0.25) is 9.52 Å². The second kappa shape index (κ2) is 8.62. The van der Waals surface area contributed by atoms with Crippen molar-refractivity contribution in [3.63, 3.8) is 0 Å². The lowest BCUT2D eigenvalue weighted by Crippen LogP contribution is -2.29. The lowest BCUT2D eigenvalue weighted by Gasteiger charge is -2.19. The second-order valence-electron chi connectivity index (χ2n) is 7.42. The van der Waals surface area contributed by atoms with Crippen LogP contribution in [-0.2, 0) is 16.4 Å². The van der Waals surface area contributed by atoms with E-state index in [0.717, 1.165) is 24.2 Å². The average Bonchev–Trinajstić information content (AvgIpc) is 3.46. The van der Waals surface area contributed by atoms with Crippen LogP contribution >= 0.6 is 11.3 Å². The fourth-order valence-corrected chi connectivity index (χ4v) is 5.86. The minimum absolute atomic E-state index is 0.146. The third kappa shape index (κ3) is 4.27. The first-order chi connectivity index (χ1) is 14.5. The highest BCUT2D eigenvalue weighted by atomic mass is 32.2. The van der Waals surface area contributed by atoms with Gasteiger partial charge < -0.3 is 4.90 Å². The molecule has 3 aromatic rings. The number of para-hydroxylation sites is 1. The van der Waals surface area contributed by atoms with Gasteiger partial charge in [-0.1, -0.05) is 49.4 Å². The normalized spacial score (nSPS) is 16.6. The molecule has 4 rings (SSSR count). The van der Waals surface area contributed by atoms with Crippen LogP contribution in [0.4, 0.5) is 5.69 Å². The van der Waals surface area contributed by atoms with Gasteiger partial charge in [0.2, 0.25) is 0 Å². The Bertz CT molecular complexity index is 1120. The Balaban J connectivity index is 1.51. The molecule has 1 atom stereocenters. The zero-order chi connectivity index (χ0) is 21.1. The molecule has 0 radical (unpaired) electrons. The van der Waals surface area contributed by atoms with Gasteiger partial charge in [0.05, 0.1) is 11.3 Å². The van der Waals surface area contributed by atoms with Gasteiger partial charge in [0, 0.05) is 19.0 Å². The van der Waals surface area contributed by atoms with E-state index in [2.05, 4.69) is 35.9 Å². The lowest BCUT2D eigenvalue weighted by atomic mass is 9.97. The number of anilines is 1. The molecule has 1 fully saturated rings. The molecule has 30 heavy (non-hydrogen) atoms. The Labute approximate surface area is 181 Å². The number of likely N-dealkylation sites (tertiary alicyclic amines) is 1. The molecule has 1 aliphatic heterocycles. The SMILES string of the molecule is CCc1ccc(C2CCN(C(=O)c3ccccc3NS(=O)(=O)c3cccs3)C2)cc1. The van der Waals surface area contributed by atoms with Crippen LogP contribution in [0.15, 0.2) is 70.3 Å². The maximum Gasteiger partial charge on any atom is 0.271 e. The molecule has 2 heterocycles. The molecule has 1 aromatic heterocycles. The molecule has 0 spiro atoms. The van der Waals surface area contributed by atoms with Crippen molar-refractivity contribution >= 4 is 33.0 Å². The van der Waals surface area contributed by atoms with E-state index in [-0.39, 0.29) is 10.1 Å². The van der Waals surface area contributed by atoms with Gasteiger partial charge in [0.15, 0.2) is 0 Å². The van der Waals surface area contributed by atoms with Crippen LogP contribution in [0.3, 0.4) is 0 Å². The molecule has 156 valence electrons. The average molecular weight is 441 g/mol. The minimum atomic E-state index is -3.71. The Hall–Kier alpha value is -2.64. The topological polar surface area (TPSA) is 66.5 Å². The zero-order valence-corrected chi connectivity index (χ0v) is 18.4. The number of carbonyl (C=O) groups excluding carboxylic acids is 1. The summed E-state index contributed by atoms with van der Waals surface area (Å²) in [5, 5.41) is 1.71. The Kier molecular flexibility index (Phi) is 5.92. The lowest BCUT2D eigenvalue weighted by molar-refractivity contribution is 0.0792. The number of sulfonamides is 1. The standard InChI is InChI=1S/C23H24N2O3S2/c1-2-17-9-11-18(12-10-17)19-13-14-25(16-19)23(26)20-6-3-4-7-21(20)24-30(27,28)22-8-5-15-29-22/h3-12,15,19,24H,2,13-14,16H2,1H3. The molecule has 7 heteroatoms. The van der Waals surface area contributed by atoms with Crippen molar-refractivity contribution < 1.29 is 13.2 Å². The van der Waals surface area contributed by atoms with E-state index < -0.39 is 10.0 Å². The van der Waals surface area contributed by atoms with E-state index in [1.54, 1.807) is 41.8 Å². The molecule has 1 amide bonds. The van der Waals surface area contributed by atoms with Crippen LogP contribution in [0.2, 0.25) is 0 Å². The number of nitrogens with one attached hydrogen (secondary N) is 1. The van der Waals surface area contributed by atoms with Crippen molar-refractivity contribution in [1.82, 2.24) is 4.90 Å². The maximum atomic E-state index is 13.2. The first-order valence-corrected chi connectivity index (χ1v) is 12.4. The first kappa shape index (κ1) is 20.6. The summed E-state index contributed by atoms with van der Waals surface area (Å²) < 4.78 is 28.1. The largest absolute Gasteiger partial charge is 0.338 e. The molecule has 1 aliphatic rings. The Morgan fingerprint density at radius 3 is 2.57 bits per heavy atom. The summed E-state index contributed by atoms with van der Waals surface area (Å²) in [5.41, 5.74) is 3.23. The number of aryl methyl sites for hydroxylation is 1. The number of hydrogen-bond acceptors (Lipinski definition) is 4.